The van der Waals surface area contributed by atoms with Gasteiger partial charge in [-0.2, -0.15) is 15.3 Å². The van der Waals surface area contributed by atoms with Gasteiger partial charge in [0.1, 0.15) is 34.8 Å². The van der Waals surface area contributed by atoms with E-state index in [4.69, 9.17) is 16.3 Å². The molecule has 2 aromatic heterocycles. The minimum atomic E-state index is -0.374. The van der Waals surface area contributed by atoms with Gasteiger partial charge in [0.25, 0.3) is 0 Å². The molecule has 9 nitrogen and oxygen atoms in total. The predicted molar refractivity (Wildman–Crippen MR) is 136 cm³/mol. The lowest BCUT2D eigenvalue weighted by atomic mass is 10.1. The van der Waals surface area contributed by atoms with Gasteiger partial charge in [-0.25, -0.2) is 9.37 Å². The van der Waals surface area contributed by atoms with Crippen molar-refractivity contribution < 1.29 is 9.13 Å². The smallest absolute Gasteiger partial charge is 0.229 e. The summed E-state index contributed by atoms with van der Waals surface area (Å²) in [7, 11) is 4.00. The van der Waals surface area contributed by atoms with E-state index in [1.807, 2.05) is 25.0 Å². The third-order valence-corrected chi connectivity index (χ3v) is 5.42. The zero-order valence-electron chi connectivity index (χ0n) is 19.7. The first kappa shape index (κ1) is 24.9. The molecule has 0 saturated carbocycles. The third kappa shape index (κ3) is 6.27. The summed E-state index contributed by atoms with van der Waals surface area (Å²) in [6.07, 6.45) is 5.00. The number of rotatable bonds is 10. The SMILES string of the molecule is CN(C)CCn1cc(Nc2ncc(Cl)c(Nc3cccc(OCc4ccccc4F)c3C#N)n2)cn1. The van der Waals surface area contributed by atoms with Crippen molar-refractivity contribution in [2.24, 2.45) is 0 Å². The Hall–Kier alpha value is -4.20. The lowest BCUT2D eigenvalue weighted by Crippen LogP contribution is -2.18. The second-order valence-corrected chi connectivity index (χ2v) is 8.51. The van der Waals surface area contributed by atoms with Crippen LogP contribution < -0.4 is 15.4 Å². The van der Waals surface area contributed by atoms with E-state index in [2.05, 4.69) is 36.7 Å². The molecule has 0 bridgehead atoms. The molecule has 0 aliphatic rings. The Bertz CT molecular complexity index is 1380. The largest absolute Gasteiger partial charge is 0.487 e. The molecular weight excluding hydrogens is 483 g/mol. The molecule has 0 aliphatic heterocycles. The van der Waals surface area contributed by atoms with Crippen LogP contribution in [0.5, 0.6) is 5.75 Å². The summed E-state index contributed by atoms with van der Waals surface area (Å²) >= 11 is 6.33. The summed E-state index contributed by atoms with van der Waals surface area (Å²) in [4.78, 5) is 10.7. The van der Waals surface area contributed by atoms with Crippen molar-refractivity contribution >= 4 is 34.7 Å². The Morgan fingerprint density at radius 3 is 2.75 bits per heavy atom. The highest BCUT2D eigenvalue weighted by atomic mass is 35.5. The number of ether oxygens (including phenoxy) is 1. The Balaban J connectivity index is 1.50. The minimum Gasteiger partial charge on any atom is -0.487 e. The molecule has 0 unspecified atom stereocenters. The van der Waals surface area contributed by atoms with Gasteiger partial charge in [0.2, 0.25) is 5.95 Å². The first-order valence-corrected chi connectivity index (χ1v) is 11.4. The van der Waals surface area contributed by atoms with Gasteiger partial charge >= 0.3 is 0 Å². The fourth-order valence-corrected chi connectivity index (χ4v) is 3.40. The van der Waals surface area contributed by atoms with Crippen LogP contribution in [0.15, 0.2) is 61.1 Å². The number of hydrogen-bond donors (Lipinski definition) is 2. The van der Waals surface area contributed by atoms with Crippen LogP contribution in [0.3, 0.4) is 0 Å². The summed E-state index contributed by atoms with van der Waals surface area (Å²) in [5, 5.41) is 20.6. The van der Waals surface area contributed by atoms with Crippen molar-refractivity contribution in [3.8, 4) is 11.8 Å². The van der Waals surface area contributed by atoms with Crippen molar-refractivity contribution in [2.75, 3.05) is 31.3 Å². The highest BCUT2D eigenvalue weighted by Crippen LogP contribution is 2.31. The quantitative estimate of drug-likeness (QED) is 0.311. The topological polar surface area (TPSA) is 104 Å². The van der Waals surface area contributed by atoms with E-state index in [1.54, 1.807) is 42.6 Å². The Morgan fingerprint density at radius 2 is 1.97 bits per heavy atom. The summed E-state index contributed by atoms with van der Waals surface area (Å²) in [6, 6.07) is 13.5. The van der Waals surface area contributed by atoms with Crippen LogP contribution in [-0.4, -0.2) is 45.3 Å². The Morgan fingerprint density at radius 1 is 1.14 bits per heavy atom. The van der Waals surface area contributed by atoms with Crippen LogP contribution in [0.2, 0.25) is 5.02 Å². The van der Waals surface area contributed by atoms with Crippen LogP contribution in [-0.2, 0) is 13.2 Å². The number of benzene rings is 2. The molecule has 184 valence electrons. The van der Waals surface area contributed by atoms with Crippen molar-refractivity contribution in [3.63, 3.8) is 0 Å². The van der Waals surface area contributed by atoms with Gasteiger partial charge in [0.05, 0.1) is 30.3 Å². The lowest BCUT2D eigenvalue weighted by Gasteiger charge is -2.14. The van der Waals surface area contributed by atoms with Gasteiger partial charge < -0.3 is 20.3 Å². The molecule has 0 aliphatic carbocycles. The zero-order valence-corrected chi connectivity index (χ0v) is 20.5. The maximum atomic E-state index is 14.0. The number of aromatic nitrogens is 4. The molecule has 36 heavy (non-hydrogen) atoms. The average Bonchev–Trinajstić information content (AvgIpc) is 3.31. The molecule has 0 saturated heterocycles. The number of hydrogen-bond acceptors (Lipinski definition) is 8. The number of nitriles is 1. The van der Waals surface area contributed by atoms with Crippen LogP contribution in [0.1, 0.15) is 11.1 Å². The molecule has 2 N–H and O–H groups in total. The molecule has 0 spiro atoms. The summed E-state index contributed by atoms with van der Waals surface area (Å²) in [6.45, 7) is 1.58. The number of anilines is 4. The molecule has 2 heterocycles. The number of halogens is 2. The van der Waals surface area contributed by atoms with E-state index in [1.165, 1.54) is 12.3 Å². The molecule has 4 rings (SSSR count). The van der Waals surface area contributed by atoms with Crippen molar-refractivity contribution in [1.82, 2.24) is 24.6 Å². The molecule has 0 fully saturated rings. The number of nitrogens with zero attached hydrogens (tertiary/aromatic N) is 6. The molecular formula is C25H24ClFN8O. The van der Waals surface area contributed by atoms with E-state index < -0.39 is 0 Å². The summed E-state index contributed by atoms with van der Waals surface area (Å²) in [5.74, 6) is 0.539. The monoisotopic (exact) mass is 506 g/mol. The minimum absolute atomic E-state index is 0.0185. The van der Waals surface area contributed by atoms with E-state index >= 15 is 0 Å². The summed E-state index contributed by atoms with van der Waals surface area (Å²) in [5.41, 5.74) is 1.79. The van der Waals surface area contributed by atoms with Crippen LogP contribution >= 0.6 is 11.6 Å². The second kappa shape index (κ2) is 11.5. The van der Waals surface area contributed by atoms with E-state index in [0.717, 1.165) is 18.8 Å². The molecule has 0 radical (unpaired) electrons. The summed E-state index contributed by atoms with van der Waals surface area (Å²) < 4.78 is 21.5. The third-order valence-electron chi connectivity index (χ3n) is 5.14. The highest BCUT2D eigenvalue weighted by Gasteiger charge is 2.14. The molecule has 0 amide bonds. The Kier molecular flexibility index (Phi) is 7.95. The van der Waals surface area contributed by atoms with Gasteiger partial charge in [-0.05, 0) is 32.3 Å². The molecule has 2 aromatic carbocycles. The standard InChI is InChI=1S/C25H24ClFN8O/c1-34(2)10-11-35-15-18(13-30-35)31-25-29-14-20(26)24(33-25)32-22-8-5-9-23(19(22)12-28)36-16-17-6-3-4-7-21(17)27/h3-9,13-15H,10-11,16H2,1-2H3,(H2,29,31,32,33). The maximum Gasteiger partial charge on any atom is 0.229 e. The van der Waals surface area contributed by atoms with Crippen LogP contribution in [0, 0.1) is 17.1 Å². The van der Waals surface area contributed by atoms with Crippen LogP contribution in [0.4, 0.5) is 27.5 Å². The van der Waals surface area contributed by atoms with Crippen molar-refractivity contribution in [3.05, 3.63) is 83.0 Å². The highest BCUT2D eigenvalue weighted by molar-refractivity contribution is 6.32. The maximum absolute atomic E-state index is 14.0. The predicted octanol–water partition coefficient (Wildman–Crippen LogP) is 4.97. The van der Waals surface area contributed by atoms with Gasteiger partial charge in [-0.1, -0.05) is 35.9 Å². The first-order chi connectivity index (χ1) is 17.4. The van der Waals surface area contributed by atoms with Gasteiger partial charge in [0, 0.05) is 18.3 Å². The van der Waals surface area contributed by atoms with Gasteiger partial charge in [0.15, 0.2) is 5.82 Å². The van der Waals surface area contributed by atoms with E-state index in [-0.39, 0.29) is 23.0 Å². The number of nitrogens with one attached hydrogen (secondary N) is 2. The first-order valence-electron chi connectivity index (χ1n) is 11.1. The fourth-order valence-electron chi connectivity index (χ4n) is 3.27. The van der Waals surface area contributed by atoms with Gasteiger partial charge in [-0.15, -0.1) is 0 Å². The van der Waals surface area contributed by atoms with Crippen LogP contribution in [0.25, 0.3) is 0 Å². The van der Waals surface area contributed by atoms with Gasteiger partial charge in [-0.3, -0.25) is 4.68 Å². The van der Waals surface area contributed by atoms with E-state index in [0.29, 0.717) is 28.8 Å². The number of likely N-dealkylation sites (N-methyl/N-ethyl adjacent to an activating group) is 1. The normalized spacial score (nSPS) is 10.8. The second-order valence-electron chi connectivity index (χ2n) is 8.11. The molecule has 0 atom stereocenters. The van der Waals surface area contributed by atoms with Crippen molar-refractivity contribution in [1.29, 1.82) is 5.26 Å². The van der Waals surface area contributed by atoms with E-state index in [9.17, 15) is 9.65 Å². The van der Waals surface area contributed by atoms with Crippen molar-refractivity contribution in [2.45, 2.75) is 13.2 Å². The average molecular weight is 507 g/mol. The zero-order chi connectivity index (χ0) is 25.5. The molecule has 4 aromatic rings. The fraction of sp³-hybridized carbons (Fsp3) is 0.200. The lowest BCUT2D eigenvalue weighted by molar-refractivity contribution is 0.299. The Labute approximate surface area is 213 Å². The molecule has 11 heteroatoms.